The van der Waals surface area contributed by atoms with E-state index >= 15 is 0 Å². The first-order valence-electron chi connectivity index (χ1n) is 10.5. The Hall–Kier alpha value is -2.45. The zero-order chi connectivity index (χ0) is 21.9. The van der Waals surface area contributed by atoms with Crippen molar-refractivity contribution in [1.29, 1.82) is 0 Å². The van der Waals surface area contributed by atoms with E-state index in [2.05, 4.69) is 23.7 Å². The number of anilines is 2. The van der Waals surface area contributed by atoms with Gasteiger partial charge in [-0.25, -0.2) is 13.4 Å². The smallest absolute Gasteiger partial charge is 0.259 e. The molecular weight excluding hydrogens is 400 g/mol. The molecule has 0 aliphatic carbocycles. The molecule has 2 aromatic rings. The Labute approximate surface area is 179 Å². The lowest BCUT2D eigenvalue weighted by Gasteiger charge is -2.21. The van der Waals surface area contributed by atoms with Crippen LogP contribution in [0.25, 0.3) is 0 Å². The molecule has 162 valence electrons. The summed E-state index contributed by atoms with van der Waals surface area (Å²) < 4.78 is 27.0. The van der Waals surface area contributed by atoms with Crippen LogP contribution >= 0.6 is 0 Å². The Kier molecular flexibility index (Phi) is 6.77. The van der Waals surface area contributed by atoms with Gasteiger partial charge >= 0.3 is 0 Å². The highest BCUT2D eigenvalue weighted by atomic mass is 32.2. The SMILES string of the molecule is CCN(CC)c1ccc(C(=O)N2CCc3cc(S(=O)(=O)N(CC)CC)ccc32)cn1. The Morgan fingerprint density at radius 1 is 1.03 bits per heavy atom. The normalized spacial score (nSPS) is 13.6. The lowest BCUT2D eigenvalue weighted by atomic mass is 10.1. The van der Waals surface area contributed by atoms with Gasteiger partial charge in [0.05, 0.1) is 10.5 Å². The number of nitrogens with zero attached hydrogens (tertiary/aromatic N) is 4. The summed E-state index contributed by atoms with van der Waals surface area (Å²) in [6.07, 6.45) is 2.25. The van der Waals surface area contributed by atoms with E-state index in [4.69, 9.17) is 0 Å². The van der Waals surface area contributed by atoms with Gasteiger partial charge in [0.2, 0.25) is 10.0 Å². The van der Waals surface area contributed by atoms with Crippen molar-refractivity contribution in [2.45, 2.75) is 39.0 Å². The van der Waals surface area contributed by atoms with Gasteiger partial charge in [-0.05, 0) is 56.2 Å². The second kappa shape index (κ2) is 9.14. The van der Waals surface area contributed by atoms with E-state index in [0.29, 0.717) is 31.6 Å². The maximum Gasteiger partial charge on any atom is 0.259 e. The van der Waals surface area contributed by atoms with Crippen molar-refractivity contribution in [2.75, 3.05) is 42.5 Å². The molecule has 1 aliphatic rings. The van der Waals surface area contributed by atoms with Crippen molar-refractivity contribution in [3.63, 3.8) is 0 Å². The van der Waals surface area contributed by atoms with Crippen LogP contribution in [0.1, 0.15) is 43.6 Å². The molecular formula is C22H30N4O3S. The predicted molar refractivity (Wildman–Crippen MR) is 120 cm³/mol. The van der Waals surface area contributed by atoms with Crippen molar-refractivity contribution in [2.24, 2.45) is 0 Å². The van der Waals surface area contributed by atoms with Crippen molar-refractivity contribution < 1.29 is 13.2 Å². The Morgan fingerprint density at radius 2 is 1.73 bits per heavy atom. The molecule has 0 saturated carbocycles. The van der Waals surface area contributed by atoms with Gasteiger partial charge < -0.3 is 9.80 Å². The summed E-state index contributed by atoms with van der Waals surface area (Å²) in [5.74, 6) is 0.733. The summed E-state index contributed by atoms with van der Waals surface area (Å²) in [6, 6.07) is 8.73. The average Bonchev–Trinajstić information content (AvgIpc) is 3.18. The van der Waals surface area contributed by atoms with E-state index in [0.717, 1.165) is 30.2 Å². The van der Waals surface area contributed by atoms with Crippen LogP contribution in [0.3, 0.4) is 0 Å². The summed E-state index contributed by atoms with van der Waals surface area (Å²) in [6.45, 7) is 10.9. The molecule has 1 aliphatic heterocycles. The maximum atomic E-state index is 13.1. The van der Waals surface area contributed by atoms with Crippen LogP contribution in [-0.4, -0.2) is 56.3 Å². The quantitative estimate of drug-likeness (QED) is 0.643. The highest BCUT2D eigenvalue weighted by Gasteiger charge is 2.29. The van der Waals surface area contributed by atoms with E-state index in [1.54, 1.807) is 35.4 Å². The first-order chi connectivity index (χ1) is 14.4. The number of carbonyl (C=O) groups is 1. The number of sulfonamides is 1. The van der Waals surface area contributed by atoms with Gasteiger partial charge in [0.1, 0.15) is 5.82 Å². The Morgan fingerprint density at radius 3 is 2.30 bits per heavy atom. The topological polar surface area (TPSA) is 73.8 Å². The molecule has 7 nitrogen and oxygen atoms in total. The third kappa shape index (κ3) is 4.06. The molecule has 1 aromatic heterocycles. The lowest BCUT2D eigenvalue weighted by molar-refractivity contribution is 0.0989. The molecule has 30 heavy (non-hydrogen) atoms. The van der Waals surface area contributed by atoms with Crippen LogP contribution in [0, 0.1) is 0 Å². The second-order valence-electron chi connectivity index (χ2n) is 7.16. The number of aromatic nitrogens is 1. The predicted octanol–water partition coefficient (Wildman–Crippen LogP) is 3.16. The van der Waals surface area contributed by atoms with E-state index in [-0.39, 0.29) is 10.8 Å². The van der Waals surface area contributed by atoms with Crippen molar-refractivity contribution in [3.8, 4) is 0 Å². The summed E-state index contributed by atoms with van der Waals surface area (Å²) in [5, 5.41) is 0. The molecule has 1 amide bonds. The van der Waals surface area contributed by atoms with Crippen LogP contribution in [0.5, 0.6) is 0 Å². The standard InChI is InChI=1S/C22H30N4O3S/c1-5-24(6-2)21-12-9-18(16-23-21)22(27)26-14-13-17-15-19(10-11-20(17)26)30(28,29)25(7-3)8-4/h9-12,15-16H,5-8,13-14H2,1-4H3. The fraction of sp³-hybridized carbons (Fsp3) is 0.455. The number of rotatable bonds is 8. The molecule has 0 saturated heterocycles. The summed E-state index contributed by atoms with van der Waals surface area (Å²) in [4.78, 5) is 21.6. The van der Waals surface area contributed by atoms with Crippen LogP contribution in [0.4, 0.5) is 11.5 Å². The zero-order valence-corrected chi connectivity index (χ0v) is 18.9. The van der Waals surface area contributed by atoms with Gasteiger partial charge in [0.25, 0.3) is 5.91 Å². The highest BCUT2D eigenvalue weighted by Crippen LogP contribution is 2.32. The third-order valence-corrected chi connectivity index (χ3v) is 7.66. The lowest BCUT2D eigenvalue weighted by Crippen LogP contribution is -2.31. The van der Waals surface area contributed by atoms with Crippen LogP contribution < -0.4 is 9.80 Å². The molecule has 0 unspecified atom stereocenters. The fourth-order valence-electron chi connectivity index (χ4n) is 3.87. The first kappa shape index (κ1) is 22.2. The van der Waals surface area contributed by atoms with Crippen LogP contribution in [0.15, 0.2) is 41.4 Å². The largest absolute Gasteiger partial charge is 0.357 e. The molecule has 8 heteroatoms. The van der Waals surface area contributed by atoms with E-state index in [9.17, 15) is 13.2 Å². The Balaban J connectivity index is 1.84. The van der Waals surface area contributed by atoms with Crippen LogP contribution in [0.2, 0.25) is 0 Å². The summed E-state index contributed by atoms with van der Waals surface area (Å²) in [7, 11) is -3.52. The number of carbonyl (C=O) groups excluding carboxylic acids is 1. The molecule has 0 spiro atoms. The van der Waals surface area contributed by atoms with Gasteiger partial charge in [-0.2, -0.15) is 4.31 Å². The minimum absolute atomic E-state index is 0.119. The molecule has 0 N–H and O–H groups in total. The second-order valence-corrected chi connectivity index (χ2v) is 9.10. The van der Waals surface area contributed by atoms with Gasteiger partial charge in [-0.3, -0.25) is 4.79 Å². The molecule has 0 fully saturated rings. The maximum absolute atomic E-state index is 13.1. The number of hydrogen-bond donors (Lipinski definition) is 0. The first-order valence-corrected chi connectivity index (χ1v) is 12.0. The number of fused-ring (bicyclic) bond motifs is 1. The molecule has 0 atom stereocenters. The van der Waals surface area contributed by atoms with Gasteiger partial charge in [-0.15, -0.1) is 0 Å². The van der Waals surface area contributed by atoms with E-state index in [1.807, 2.05) is 19.9 Å². The van der Waals surface area contributed by atoms with Gasteiger partial charge in [0.15, 0.2) is 0 Å². The molecule has 0 bridgehead atoms. The molecule has 0 radical (unpaired) electrons. The van der Waals surface area contributed by atoms with Crippen molar-refractivity contribution in [3.05, 3.63) is 47.7 Å². The molecule has 1 aromatic carbocycles. The summed E-state index contributed by atoms with van der Waals surface area (Å²) in [5.41, 5.74) is 2.18. The van der Waals surface area contributed by atoms with E-state index in [1.165, 1.54) is 4.31 Å². The average molecular weight is 431 g/mol. The van der Waals surface area contributed by atoms with Crippen LogP contribution in [-0.2, 0) is 16.4 Å². The number of hydrogen-bond acceptors (Lipinski definition) is 5. The Bertz CT molecular complexity index is 998. The minimum Gasteiger partial charge on any atom is -0.357 e. The fourth-order valence-corrected chi connectivity index (χ4v) is 5.37. The zero-order valence-electron chi connectivity index (χ0n) is 18.1. The molecule has 2 heterocycles. The minimum atomic E-state index is -3.52. The summed E-state index contributed by atoms with van der Waals surface area (Å²) >= 11 is 0. The highest BCUT2D eigenvalue weighted by molar-refractivity contribution is 7.89. The number of benzene rings is 1. The van der Waals surface area contributed by atoms with Gasteiger partial charge in [-0.1, -0.05) is 13.8 Å². The van der Waals surface area contributed by atoms with Crippen molar-refractivity contribution >= 4 is 27.4 Å². The third-order valence-electron chi connectivity index (χ3n) is 5.62. The number of amides is 1. The monoisotopic (exact) mass is 430 g/mol. The van der Waals surface area contributed by atoms with Gasteiger partial charge in [0, 0.05) is 44.6 Å². The number of pyridine rings is 1. The van der Waals surface area contributed by atoms with E-state index < -0.39 is 10.0 Å². The molecule has 3 rings (SSSR count). The van der Waals surface area contributed by atoms with Crippen molar-refractivity contribution in [1.82, 2.24) is 9.29 Å².